The minimum atomic E-state index is -0.574. The summed E-state index contributed by atoms with van der Waals surface area (Å²) < 4.78 is 12.8. The van der Waals surface area contributed by atoms with Gasteiger partial charge in [0.2, 0.25) is 0 Å². The highest BCUT2D eigenvalue weighted by Crippen LogP contribution is 2.18. The third-order valence-corrected chi connectivity index (χ3v) is 3.51. The normalized spacial score (nSPS) is 12.2. The minimum absolute atomic E-state index is 0.283. The van der Waals surface area contributed by atoms with Crippen LogP contribution in [0.2, 0.25) is 0 Å². The van der Waals surface area contributed by atoms with Crippen molar-refractivity contribution < 1.29 is 9.50 Å². The first kappa shape index (κ1) is 14.5. The highest BCUT2D eigenvalue weighted by molar-refractivity contribution is 5.48. The Morgan fingerprint density at radius 2 is 1.75 bits per heavy atom. The summed E-state index contributed by atoms with van der Waals surface area (Å²) in [6.07, 6.45) is 0.00750. The maximum absolute atomic E-state index is 12.8. The zero-order chi connectivity index (χ0) is 14.5. The topological polar surface area (TPSA) is 32.3 Å². The van der Waals surface area contributed by atoms with Crippen molar-refractivity contribution in [2.24, 2.45) is 0 Å². The molecule has 0 saturated carbocycles. The molecular weight excluding hydrogens is 253 g/mol. The summed E-state index contributed by atoms with van der Waals surface area (Å²) in [7, 11) is 0. The molecule has 0 aliphatic heterocycles. The van der Waals surface area contributed by atoms with Crippen molar-refractivity contribution in [1.29, 1.82) is 0 Å². The Balaban J connectivity index is 1.86. The van der Waals surface area contributed by atoms with Gasteiger partial charge in [-0.05, 0) is 61.2 Å². The van der Waals surface area contributed by atoms with Crippen LogP contribution in [0.25, 0.3) is 0 Å². The van der Waals surface area contributed by atoms with Gasteiger partial charge in [0, 0.05) is 12.2 Å². The molecule has 106 valence electrons. The van der Waals surface area contributed by atoms with Crippen molar-refractivity contribution in [3.63, 3.8) is 0 Å². The molecule has 1 unspecified atom stereocenters. The van der Waals surface area contributed by atoms with Gasteiger partial charge in [-0.3, -0.25) is 0 Å². The molecule has 3 heteroatoms. The summed E-state index contributed by atoms with van der Waals surface area (Å²) in [5, 5.41) is 13.3. The van der Waals surface area contributed by atoms with Crippen LogP contribution in [0.3, 0.4) is 0 Å². The van der Waals surface area contributed by atoms with E-state index in [1.54, 1.807) is 12.1 Å². The quantitative estimate of drug-likeness (QED) is 0.863. The molecule has 2 aromatic rings. The maximum Gasteiger partial charge on any atom is 0.123 e. The van der Waals surface area contributed by atoms with E-state index < -0.39 is 6.10 Å². The molecule has 0 aromatic heterocycles. The molecule has 0 fully saturated rings. The van der Waals surface area contributed by atoms with Gasteiger partial charge in [-0.15, -0.1) is 0 Å². The second-order valence-electron chi connectivity index (χ2n) is 5.08. The van der Waals surface area contributed by atoms with E-state index in [-0.39, 0.29) is 5.82 Å². The second kappa shape index (κ2) is 6.53. The summed E-state index contributed by atoms with van der Waals surface area (Å²) in [5.41, 5.74) is 4.31. The van der Waals surface area contributed by atoms with Gasteiger partial charge in [-0.1, -0.05) is 18.2 Å². The third-order valence-electron chi connectivity index (χ3n) is 3.51. The molecule has 20 heavy (non-hydrogen) atoms. The number of aliphatic hydroxyl groups is 1. The second-order valence-corrected chi connectivity index (χ2v) is 5.08. The van der Waals surface area contributed by atoms with Gasteiger partial charge >= 0.3 is 0 Å². The van der Waals surface area contributed by atoms with Crippen molar-refractivity contribution in [2.75, 3.05) is 11.9 Å². The van der Waals surface area contributed by atoms with E-state index in [9.17, 15) is 9.50 Å². The largest absolute Gasteiger partial charge is 0.388 e. The number of benzene rings is 2. The fourth-order valence-electron chi connectivity index (χ4n) is 2.06. The highest BCUT2D eigenvalue weighted by Gasteiger charge is 2.07. The Morgan fingerprint density at radius 3 is 2.40 bits per heavy atom. The van der Waals surface area contributed by atoms with Crippen LogP contribution in [0.4, 0.5) is 10.1 Å². The number of aryl methyl sites for hydroxylation is 2. The van der Waals surface area contributed by atoms with Crippen LogP contribution in [0.1, 0.15) is 29.2 Å². The van der Waals surface area contributed by atoms with Gasteiger partial charge in [0.1, 0.15) is 5.82 Å². The number of anilines is 1. The number of rotatable bonds is 5. The molecule has 0 aliphatic rings. The predicted octanol–water partition coefficient (Wildman–Crippen LogP) is 3.98. The molecule has 0 amide bonds. The minimum Gasteiger partial charge on any atom is -0.388 e. The van der Waals surface area contributed by atoms with Gasteiger partial charge in [-0.2, -0.15) is 0 Å². The van der Waals surface area contributed by atoms with E-state index in [1.165, 1.54) is 23.3 Å². The van der Waals surface area contributed by atoms with Crippen molar-refractivity contribution in [3.05, 3.63) is 65.0 Å². The molecular formula is C17H20FNO. The Labute approximate surface area is 119 Å². The summed E-state index contributed by atoms with van der Waals surface area (Å²) in [5.74, 6) is -0.283. The Kier molecular flexibility index (Phi) is 4.74. The summed E-state index contributed by atoms with van der Waals surface area (Å²) in [4.78, 5) is 0. The molecule has 0 heterocycles. The molecule has 2 aromatic carbocycles. The average Bonchev–Trinajstić information content (AvgIpc) is 2.43. The number of hydrogen-bond acceptors (Lipinski definition) is 2. The number of halogens is 1. The number of nitrogens with one attached hydrogen (secondary N) is 1. The molecule has 1 atom stereocenters. The lowest BCUT2D eigenvalue weighted by molar-refractivity contribution is 0.171. The van der Waals surface area contributed by atoms with Crippen LogP contribution < -0.4 is 5.32 Å². The first-order valence-corrected chi connectivity index (χ1v) is 6.81. The Morgan fingerprint density at radius 1 is 1.05 bits per heavy atom. The molecule has 0 radical (unpaired) electrons. The number of hydrogen-bond donors (Lipinski definition) is 2. The third kappa shape index (κ3) is 3.81. The van der Waals surface area contributed by atoms with E-state index in [4.69, 9.17) is 0 Å². The Bertz CT molecular complexity index is 566. The lowest BCUT2D eigenvalue weighted by Gasteiger charge is -2.13. The van der Waals surface area contributed by atoms with Crippen molar-refractivity contribution in [2.45, 2.75) is 26.4 Å². The monoisotopic (exact) mass is 273 g/mol. The molecule has 0 spiro atoms. The first-order valence-electron chi connectivity index (χ1n) is 6.81. The average molecular weight is 273 g/mol. The van der Waals surface area contributed by atoms with Crippen molar-refractivity contribution in [3.8, 4) is 0 Å². The molecule has 2 N–H and O–H groups in total. The maximum atomic E-state index is 12.8. The van der Waals surface area contributed by atoms with Gasteiger partial charge in [0.05, 0.1) is 6.10 Å². The van der Waals surface area contributed by atoms with E-state index >= 15 is 0 Å². The zero-order valence-electron chi connectivity index (χ0n) is 11.9. The van der Waals surface area contributed by atoms with Crippen LogP contribution in [0, 0.1) is 19.7 Å². The van der Waals surface area contributed by atoms with Crippen molar-refractivity contribution in [1.82, 2.24) is 0 Å². The van der Waals surface area contributed by atoms with Crippen molar-refractivity contribution >= 4 is 5.69 Å². The van der Waals surface area contributed by atoms with Crippen LogP contribution in [-0.4, -0.2) is 11.7 Å². The van der Waals surface area contributed by atoms with Crippen LogP contribution >= 0.6 is 0 Å². The summed E-state index contributed by atoms with van der Waals surface area (Å²) in [6.45, 7) is 4.83. The van der Waals surface area contributed by atoms with Gasteiger partial charge in [0.25, 0.3) is 0 Å². The molecule has 2 nitrogen and oxygen atoms in total. The van der Waals surface area contributed by atoms with Gasteiger partial charge < -0.3 is 10.4 Å². The molecule has 0 bridgehead atoms. The van der Waals surface area contributed by atoms with Crippen LogP contribution in [0.5, 0.6) is 0 Å². The lowest BCUT2D eigenvalue weighted by atomic mass is 10.1. The van der Waals surface area contributed by atoms with E-state index in [0.717, 1.165) is 11.3 Å². The Hall–Kier alpha value is -1.87. The van der Waals surface area contributed by atoms with Gasteiger partial charge in [-0.25, -0.2) is 4.39 Å². The van der Waals surface area contributed by atoms with E-state index in [2.05, 4.69) is 31.3 Å². The highest BCUT2D eigenvalue weighted by atomic mass is 19.1. The lowest BCUT2D eigenvalue weighted by Crippen LogP contribution is -2.08. The molecule has 2 rings (SSSR count). The molecule has 0 saturated heterocycles. The standard InChI is InChI=1S/C17H20FNO/c1-12-3-8-16(11-13(12)2)19-10-9-17(20)14-4-6-15(18)7-5-14/h3-8,11,17,19-20H,9-10H2,1-2H3. The smallest absolute Gasteiger partial charge is 0.123 e. The van der Waals surface area contributed by atoms with E-state index in [0.29, 0.717) is 13.0 Å². The van der Waals surface area contributed by atoms with Crippen LogP contribution in [-0.2, 0) is 0 Å². The van der Waals surface area contributed by atoms with Crippen LogP contribution in [0.15, 0.2) is 42.5 Å². The summed E-state index contributed by atoms with van der Waals surface area (Å²) in [6, 6.07) is 12.2. The zero-order valence-corrected chi connectivity index (χ0v) is 11.9. The van der Waals surface area contributed by atoms with E-state index in [1.807, 2.05) is 6.07 Å². The fraction of sp³-hybridized carbons (Fsp3) is 0.294. The first-order chi connectivity index (χ1) is 9.56. The number of aliphatic hydroxyl groups excluding tert-OH is 1. The predicted molar refractivity (Wildman–Crippen MR) is 80.4 cm³/mol. The fourth-order valence-corrected chi connectivity index (χ4v) is 2.06. The SMILES string of the molecule is Cc1ccc(NCCC(O)c2ccc(F)cc2)cc1C. The molecule has 0 aliphatic carbocycles. The van der Waals surface area contributed by atoms with Gasteiger partial charge in [0.15, 0.2) is 0 Å². The summed E-state index contributed by atoms with van der Waals surface area (Å²) >= 11 is 0.